The summed E-state index contributed by atoms with van der Waals surface area (Å²) in [6, 6.07) is 1.45. The highest BCUT2D eigenvalue weighted by Crippen LogP contribution is 2.03. The molecule has 1 rings (SSSR count). The Bertz CT molecular complexity index is 338. The van der Waals surface area contributed by atoms with E-state index in [0.717, 1.165) is 0 Å². The lowest BCUT2D eigenvalue weighted by Crippen LogP contribution is -2.32. The third-order valence-corrected chi connectivity index (χ3v) is 1.39. The van der Waals surface area contributed by atoms with Crippen molar-refractivity contribution in [1.29, 1.82) is 0 Å². The lowest BCUT2D eigenvalue weighted by Gasteiger charge is -2.04. The van der Waals surface area contributed by atoms with Crippen molar-refractivity contribution in [3.8, 4) is 5.88 Å². The standard InChI is InChI=1S/C7H9N3O6/c11-6(8-2-4-16-10(12)13)5-14-7-1-3-15-9-7/h1,3H,2,4-5H2,(H,8,11). The number of rotatable bonds is 7. The third-order valence-electron chi connectivity index (χ3n) is 1.39. The van der Waals surface area contributed by atoms with Gasteiger partial charge in [-0.3, -0.25) is 4.79 Å². The van der Waals surface area contributed by atoms with E-state index in [1.165, 1.54) is 12.3 Å². The van der Waals surface area contributed by atoms with Crippen molar-refractivity contribution in [2.75, 3.05) is 19.8 Å². The summed E-state index contributed by atoms with van der Waals surface area (Å²) < 4.78 is 9.36. The van der Waals surface area contributed by atoms with Gasteiger partial charge in [0, 0.05) is 12.6 Å². The van der Waals surface area contributed by atoms with Gasteiger partial charge in [0.1, 0.15) is 12.9 Å². The van der Waals surface area contributed by atoms with Gasteiger partial charge in [0.25, 0.3) is 16.9 Å². The number of hydrogen-bond donors (Lipinski definition) is 1. The second-order valence-electron chi connectivity index (χ2n) is 2.53. The van der Waals surface area contributed by atoms with E-state index in [0.29, 0.717) is 0 Å². The highest BCUT2D eigenvalue weighted by molar-refractivity contribution is 5.77. The number of aromatic nitrogens is 1. The summed E-state index contributed by atoms with van der Waals surface area (Å²) in [5.41, 5.74) is 0. The highest BCUT2D eigenvalue weighted by atomic mass is 16.9. The van der Waals surface area contributed by atoms with Gasteiger partial charge in [-0.15, -0.1) is 10.1 Å². The number of hydrogen-bond acceptors (Lipinski definition) is 7. The Morgan fingerprint density at radius 2 is 2.50 bits per heavy atom. The first-order chi connectivity index (χ1) is 7.68. The second kappa shape index (κ2) is 6.22. The van der Waals surface area contributed by atoms with Crippen molar-refractivity contribution >= 4 is 5.91 Å². The Kier molecular flexibility index (Phi) is 4.57. The molecule has 0 aromatic carbocycles. The normalized spacial score (nSPS) is 9.50. The lowest BCUT2D eigenvalue weighted by atomic mass is 10.6. The number of carbonyl (C=O) groups is 1. The second-order valence-corrected chi connectivity index (χ2v) is 2.53. The van der Waals surface area contributed by atoms with Crippen LogP contribution in [0.2, 0.25) is 0 Å². The molecule has 9 heteroatoms. The molecule has 1 N–H and O–H groups in total. The molecule has 88 valence electrons. The van der Waals surface area contributed by atoms with Crippen LogP contribution in [0.3, 0.4) is 0 Å². The molecule has 0 aliphatic carbocycles. The van der Waals surface area contributed by atoms with Gasteiger partial charge in [-0.2, -0.15) is 0 Å². The highest BCUT2D eigenvalue weighted by Gasteiger charge is 2.04. The van der Waals surface area contributed by atoms with Crippen molar-refractivity contribution in [3.05, 3.63) is 22.4 Å². The van der Waals surface area contributed by atoms with Crippen LogP contribution in [0.15, 0.2) is 16.9 Å². The van der Waals surface area contributed by atoms with Crippen LogP contribution in [0.5, 0.6) is 5.88 Å². The summed E-state index contributed by atoms with van der Waals surface area (Å²) in [4.78, 5) is 24.8. The number of carbonyl (C=O) groups excluding carboxylic acids is 1. The fraction of sp³-hybridized carbons (Fsp3) is 0.429. The Morgan fingerprint density at radius 3 is 3.12 bits per heavy atom. The average molecular weight is 231 g/mol. The molecule has 0 aliphatic heterocycles. The fourth-order valence-corrected chi connectivity index (χ4v) is 0.777. The Hall–Kier alpha value is -2.32. The van der Waals surface area contributed by atoms with Crippen LogP contribution in [0.4, 0.5) is 0 Å². The van der Waals surface area contributed by atoms with Gasteiger partial charge in [0.15, 0.2) is 6.61 Å². The van der Waals surface area contributed by atoms with Gasteiger partial charge in [-0.1, -0.05) is 0 Å². The molecular weight excluding hydrogens is 222 g/mol. The van der Waals surface area contributed by atoms with Crippen LogP contribution < -0.4 is 10.1 Å². The van der Waals surface area contributed by atoms with Gasteiger partial charge >= 0.3 is 0 Å². The molecule has 0 saturated carbocycles. The van der Waals surface area contributed by atoms with Crippen LogP contribution in [-0.4, -0.2) is 35.9 Å². The molecule has 0 atom stereocenters. The summed E-state index contributed by atoms with van der Waals surface area (Å²) in [6.45, 7) is -0.421. The van der Waals surface area contributed by atoms with Gasteiger partial charge in [-0.05, 0) is 5.16 Å². The SMILES string of the molecule is O=C(COc1ccon1)NCCO[N+](=O)[O-]. The first kappa shape index (κ1) is 11.8. The quantitative estimate of drug-likeness (QED) is 0.377. The van der Waals surface area contributed by atoms with Crippen molar-refractivity contribution < 1.29 is 24.0 Å². The maximum Gasteiger partial charge on any atom is 0.294 e. The van der Waals surface area contributed by atoms with Crippen molar-refractivity contribution in [2.45, 2.75) is 0 Å². The zero-order valence-electron chi connectivity index (χ0n) is 8.12. The van der Waals surface area contributed by atoms with Gasteiger partial charge in [-0.25, -0.2) is 0 Å². The minimum Gasteiger partial charge on any atom is -0.465 e. The van der Waals surface area contributed by atoms with Crippen molar-refractivity contribution in [1.82, 2.24) is 10.5 Å². The molecule has 0 spiro atoms. The predicted molar refractivity (Wildman–Crippen MR) is 48.0 cm³/mol. The predicted octanol–water partition coefficient (Wildman–Crippen LogP) is -0.622. The zero-order valence-corrected chi connectivity index (χ0v) is 8.12. The maximum absolute atomic E-state index is 11.1. The molecule has 1 heterocycles. The van der Waals surface area contributed by atoms with E-state index in [1.807, 2.05) is 0 Å². The van der Waals surface area contributed by atoms with Crippen molar-refractivity contribution in [3.63, 3.8) is 0 Å². The van der Waals surface area contributed by atoms with E-state index < -0.39 is 11.0 Å². The van der Waals surface area contributed by atoms with Gasteiger partial charge in [0.05, 0.1) is 0 Å². The monoisotopic (exact) mass is 231 g/mol. The minimum atomic E-state index is -0.932. The lowest BCUT2D eigenvalue weighted by molar-refractivity contribution is -0.757. The fourth-order valence-electron chi connectivity index (χ4n) is 0.777. The maximum atomic E-state index is 11.1. The van der Waals surface area contributed by atoms with Gasteiger partial charge < -0.3 is 19.4 Å². The molecule has 0 aliphatic rings. The van der Waals surface area contributed by atoms with Crippen LogP contribution >= 0.6 is 0 Å². The molecule has 0 radical (unpaired) electrons. The van der Waals surface area contributed by atoms with E-state index in [4.69, 9.17) is 4.74 Å². The number of ether oxygens (including phenoxy) is 1. The van der Waals surface area contributed by atoms with E-state index in [-0.39, 0.29) is 25.6 Å². The summed E-state index contributed by atoms with van der Waals surface area (Å²) in [5.74, 6) is -0.244. The largest absolute Gasteiger partial charge is 0.465 e. The van der Waals surface area contributed by atoms with E-state index in [1.54, 1.807) is 0 Å². The molecule has 1 amide bonds. The van der Waals surface area contributed by atoms with Crippen molar-refractivity contribution in [2.24, 2.45) is 0 Å². The summed E-state index contributed by atoms with van der Waals surface area (Å²) in [5, 5.41) is 14.6. The molecule has 0 saturated heterocycles. The van der Waals surface area contributed by atoms with E-state index >= 15 is 0 Å². The molecule has 16 heavy (non-hydrogen) atoms. The third kappa shape index (κ3) is 4.79. The van der Waals surface area contributed by atoms with Crippen LogP contribution in [-0.2, 0) is 9.63 Å². The number of nitrogens with one attached hydrogen (secondary N) is 1. The van der Waals surface area contributed by atoms with Crippen LogP contribution in [0.1, 0.15) is 0 Å². The summed E-state index contributed by atoms with van der Waals surface area (Å²) >= 11 is 0. The van der Waals surface area contributed by atoms with E-state index in [2.05, 4.69) is 19.8 Å². The molecule has 0 unspecified atom stereocenters. The smallest absolute Gasteiger partial charge is 0.294 e. The molecule has 9 nitrogen and oxygen atoms in total. The minimum absolute atomic E-state index is 0.0298. The first-order valence-electron chi connectivity index (χ1n) is 4.25. The molecule has 0 bridgehead atoms. The molecule has 1 aromatic heterocycles. The molecule has 0 fully saturated rings. The Morgan fingerprint density at radius 1 is 1.69 bits per heavy atom. The Balaban J connectivity index is 2.05. The van der Waals surface area contributed by atoms with Gasteiger partial charge in [0.2, 0.25) is 0 Å². The zero-order chi connectivity index (χ0) is 11.8. The topological polar surface area (TPSA) is 117 Å². The average Bonchev–Trinajstić information content (AvgIpc) is 2.74. The van der Waals surface area contributed by atoms with Crippen LogP contribution in [0, 0.1) is 10.1 Å². The van der Waals surface area contributed by atoms with E-state index in [9.17, 15) is 14.9 Å². The summed E-state index contributed by atoms with van der Waals surface area (Å²) in [7, 11) is 0. The first-order valence-corrected chi connectivity index (χ1v) is 4.25. The molecule has 1 aromatic rings. The Labute approximate surface area is 89.4 Å². The molecular formula is C7H9N3O6. The number of nitrogens with zero attached hydrogens (tertiary/aromatic N) is 2. The summed E-state index contributed by atoms with van der Waals surface area (Å²) in [6.07, 6.45) is 1.30. The van der Waals surface area contributed by atoms with Crippen LogP contribution in [0.25, 0.3) is 0 Å². The number of amides is 1.